The topological polar surface area (TPSA) is 70.7 Å². The highest BCUT2D eigenvalue weighted by Crippen LogP contribution is 2.11. The first kappa shape index (κ1) is 9.51. The van der Waals surface area contributed by atoms with Crippen LogP contribution in [0.15, 0.2) is 27.8 Å². The molecule has 0 aliphatic rings. The zero-order chi connectivity index (χ0) is 11.0. The van der Waals surface area contributed by atoms with Crippen LogP contribution in [0.4, 0.5) is 0 Å². The van der Waals surface area contributed by atoms with Gasteiger partial charge in [-0.15, -0.1) is 0 Å². The molecule has 2 N–H and O–H groups in total. The highest BCUT2D eigenvalue weighted by Gasteiger charge is 2.07. The van der Waals surface area contributed by atoms with Crippen molar-refractivity contribution in [2.75, 3.05) is 0 Å². The van der Waals surface area contributed by atoms with Crippen LogP contribution in [-0.2, 0) is 0 Å². The van der Waals surface area contributed by atoms with Crippen molar-refractivity contribution in [1.29, 1.82) is 0 Å². The molecule has 5 nitrogen and oxygen atoms in total. The van der Waals surface area contributed by atoms with Gasteiger partial charge < -0.3 is 0 Å². The number of benzene rings is 1. The van der Waals surface area contributed by atoms with Crippen molar-refractivity contribution in [2.24, 2.45) is 0 Å². The molecule has 2 aromatic rings. The Balaban J connectivity index is 2.75. The smallest absolute Gasteiger partial charge is 0.247 e. The van der Waals surface area contributed by atoms with Crippen LogP contribution >= 0.6 is 0 Å². The average molecular weight is 205 g/mol. The molecule has 15 heavy (non-hydrogen) atoms. The second-order valence-electron chi connectivity index (χ2n) is 3.49. The van der Waals surface area contributed by atoms with E-state index in [4.69, 9.17) is 0 Å². The molecule has 0 aliphatic heterocycles. The van der Waals surface area contributed by atoms with Gasteiger partial charge in [0.1, 0.15) is 0 Å². The molecular formula is C10H11N3O2. The molecule has 2 rings (SSSR count). The number of hydrogen-bond donors (Lipinski definition) is 2. The summed E-state index contributed by atoms with van der Waals surface area (Å²) < 4.78 is 1.08. The van der Waals surface area contributed by atoms with Crippen molar-refractivity contribution >= 4 is 0 Å². The molecule has 0 spiro atoms. The minimum Gasteiger partial charge on any atom is -0.247 e. The number of rotatable bonds is 1. The fourth-order valence-electron chi connectivity index (χ4n) is 1.59. The Bertz CT molecular complexity index is 576. The van der Waals surface area contributed by atoms with E-state index >= 15 is 0 Å². The van der Waals surface area contributed by atoms with Gasteiger partial charge in [0.2, 0.25) is 0 Å². The molecular weight excluding hydrogens is 194 g/mol. The number of hydrogen-bond acceptors (Lipinski definition) is 2. The number of nitrogens with zero attached hydrogens (tertiary/aromatic N) is 1. The van der Waals surface area contributed by atoms with Crippen LogP contribution in [0.2, 0.25) is 0 Å². The van der Waals surface area contributed by atoms with E-state index in [9.17, 15) is 9.59 Å². The van der Waals surface area contributed by atoms with E-state index < -0.39 is 11.4 Å². The fraction of sp³-hybridized carbons (Fsp3) is 0.200. The van der Waals surface area contributed by atoms with Crippen molar-refractivity contribution < 1.29 is 0 Å². The van der Waals surface area contributed by atoms with Gasteiger partial charge in [-0.25, -0.2) is 24.4 Å². The average Bonchev–Trinajstić information content (AvgIpc) is 2.48. The summed E-state index contributed by atoms with van der Waals surface area (Å²) in [4.78, 5) is 22.7. The summed E-state index contributed by atoms with van der Waals surface area (Å²) in [5.74, 6) is 0. The maximum Gasteiger partial charge on any atom is 0.348 e. The van der Waals surface area contributed by atoms with Gasteiger partial charge in [-0.05, 0) is 25.5 Å². The zero-order valence-corrected chi connectivity index (χ0v) is 8.50. The van der Waals surface area contributed by atoms with Crippen LogP contribution in [0.1, 0.15) is 11.1 Å². The predicted molar refractivity (Wildman–Crippen MR) is 56.5 cm³/mol. The summed E-state index contributed by atoms with van der Waals surface area (Å²) >= 11 is 0. The van der Waals surface area contributed by atoms with Gasteiger partial charge in [0.25, 0.3) is 0 Å². The number of aryl methyl sites for hydroxylation is 2. The SMILES string of the molecule is Cc1ccc(-n2c(=O)[nH][nH]c2=O)c(C)c1. The number of nitrogens with one attached hydrogen (secondary N) is 2. The fourth-order valence-corrected chi connectivity index (χ4v) is 1.59. The molecule has 1 heterocycles. The molecule has 0 atom stereocenters. The molecule has 0 bridgehead atoms. The van der Waals surface area contributed by atoms with Crippen LogP contribution in [0.25, 0.3) is 5.69 Å². The van der Waals surface area contributed by atoms with Crippen molar-refractivity contribution in [3.8, 4) is 5.69 Å². The highest BCUT2D eigenvalue weighted by atomic mass is 16.2. The largest absolute Gasteiger partial charge is 0.348 e. The molecule has 0 fully saturated rings. The summed E-state index contributed by atoms with van der Waals surface area (Å²) in [6.07, 6.45) is 0. The third kappa shape index (κ3) is 1.52. The van der Waals surface area contributed by atoms with Crippen molar-refractivity contribution in [3.63, 3.8) is 0 Å². The molecule has 0 saturated heterocycles. The van der Waals surface area contributed by atoms with Crippen LogP contribution in [0.3, 0.4) is 0 Å². The second kappa shape index (κ2) is 3.27. The van der Waals surface area contributed by atoms with Crippen molar-refractivity contribution in [1.82, 2.24) is 14.8 Å². The van der Waals surface area contributed by atoms with E-state index in [1.165, 1.54) is 0 Å². The molecule has 0 aliphatic carbocycles. The normalized spacial score (nSPS) is 10.5. The van der Waals surface area contributed by atoms with Crippen LogP contribution in [0, 0.1) is 13.8 Å². The highest BCUT2D eigenvalue weighted by molar-refractivity contribution is 5.42. The van der Waals surface area contributed by atoms with E-state index in [1.807, 2.05) is 26.0 Å². The molecule has 0 saturated carbocycles. The Morgan fingerprint density at radius 3 is 2.20 bits per heavy atom. The lowest BCUT2D eigenvalue weighted by molar-refractivity contribution is 0.940. The third-order valence-corrected chi connectivity index (χ3v) is 2.28. The Hall–Kier alpha value is -2.04. The molecule has 1 aromatic carbocycles. The van der Waals surface area contributed by atoms with Gasteiger partial charge in [0.05, 0.1) is 5.69 Å². The molecule has 0 radical (unpaired) electrons. The van der Waals surface area contributed by atoms with Crippen molar-refractivity contribution in [2.45, 2.75) is 13.8 Å². The molecule has 0 amide bonds. The minimum atomic E-state index is -0.452. The second-order valence-corrected chi connectivity index (χ2v) is 3.49. The zero-order valence-electron chi connectivity index (χ0n) is 8.50. The summed E-state index contributed by atoms with van der Waals surface area (Å²) in [5.41, 5.74) is 1.69. The van der Waals surface area contributed by atoms with Gasteiger partial charge in [0.15, 0.2) is 0 Å². The van der Waals surface area contributed by atoms with E-state index in [0.29, 0.717) is 5.69 Å². The third-order valence-electron chi connectivity index (χ3n) is 2.28. The predicted octanol–water partition coefficient (Wildman–Crippen LogP) is 0.471. The van der Waals surface area contributed by atoms with E-state index in [2.05, 4.69) is 10.2 Å². The molecule has 5 heteroatoms. The maximum atomic E-state index is 11.4. The Labute approximate surface area is 85.4 Å². The quantitative estimate of drug-likeness (QED) is 0.710. The van der Waals surface area contributed by atoms with E-state index in [1.54, 1.807) is 6.07 Å². The van der Waals surface area contributed by atoms with Crippen molar-refractivity contribution in [3.05, 3.63) is 50.3 Å². The first-order chi connectivity index (χ1) is 7.09. The number of aromatic amines is 2. The first-order valence-electron chi connectivity index (χ1n) is 4.57. The standard InChI is InChI=1S/C10H11N3O2/c1-6-3-4-8(7(2)5-6)13-9(14)11-12-10(13)15/h3-5H,1-2H3,(H,11,14)(H,12,15). The van der Waals surface area contributed by atoms with Gasteiger partial charge in [-0.2, -0.15) is 0 Å². The number of aromatic nitrogens is 3. The summed E-state index contributed by atoms with van der Waals surface area (Å²) in [5, 5.41) is 4.49. The van der Waals surface area contributed by atoms with Crippen LogP contribution in [-0.4, -0.2) is 14.8 Å². The minimum absolute atomic E-state index is 0.452. The van der Waals surface area contributed by atoms with Gasteiger partial charge in [0, 0.05) is 0 Å². The van der Waals surface area contributed by atoms with Gasteiger partial charge in [-0.1, -0.05) is 17.7 Å². The Morgan fingerprint density at radius 1 is 1.07 bits per heavy atom. The van der Waals surface area contributed by atoms with E-state index in [0.717, 1.165) is 15.7 Å². The number of H-pyrrole nitrogens is 2. The monoisotopic (exact) mass is 205 g/mol. The molecule has 78 valence electrons. The summed E-state index contributed by atoms with van der Waals surface area (Å²) in [6, 6.07) is 5.55. The van der Waals surface area contributed by atoms with Gasteiger partial charge in [-0.3, -0.25) is 0 Å². The van der Waals surface area contributed by atoms with Crippen LogP contribution in [0.5, 0.6) is 0 Å². The molecule has 1 aromatic heterocycles. The summed E-state index contributed by atoms with van der Waals surface area (Å²) in [6.45, 7) is 3.82. The Morgan fingerprint density at radius 2 is 1.67 bits per heavy atom. The Kier molecular flexibility index (Phi) is 2.07. The lowest BCUT2D eigenvalue weighted by Gasteiger charge is -2.04. The molecule has 0 unspecified atom stereocenters. The maximum absolute atomic E-state index is 11.4. The van der Waals surface area contributed by atoms with Crippen LogP contribution < -0.4 is 11.4 Å². The first-order valence-corrected chi connectivity index (χ1v) is 4.57. The van der Waals surface area contributed by atoms with E-state index in [-0.39, 0.29) is 0 Å². The lowest BCUT2D eigenvalue weighted by Crippen LogP contribution is -2.25. The lowest BCUT2D eigenvalue weighted by atomic mass is 10.1. The van der Waals surface area contributed by atoms with Gasteiger partial charge >= 0.3 is 11.4 Å². The summed E-state index contributed by atoms with van der Waals surface area (Å²) in [7, 11) is 0.